The van der Waals surface area contributed by atoms with Gasteiger partial charge in [0.1, 0.15) is 5.75 Å². The molecule has 0 bridgehead atoms. The van der Waals surface area contributed by atoms with Crippen LogP contribution in [0.1, 0.15) is 17.0 Å². The molecule has 0 unspecified atom stereocenters. The molecule has 102 valence electrons. The van der Waals surface area contributed by atoms with Crippen molar-refractivity contribution in [2.75, 3.05) is 13.7 Å². The Morgan fingerprint density at radius 1 is 1.35 bits per heavy atom. The summed E-state index contributed by atoms with van der Waals surface area (Å²) in [5.41, 5.74) is 2.04. The van der Waals surface area contributed by atoms with Crippen LogP contribution < -0.4 is 4.74 Å². The molecule has 0 amide bonds. The van der Waals surface area contributed by atoms with Crippen LogP contribution in [0.5, 0.6) is 5.75 Å². The lowest BCUT2D eigenvalue weighted by Crippen LogP contribution is -2.09. The van der Waals surface area contributed by atoms with Crippen molar-refractivity contribution in [3.63, 3.8) is 0 Å². The molecule has 1 aliphatic heterocycles. The van der Waals surface area contributed by atoms with Gasteiger partial charge in [-0.1, -0.05) is 12.1 Å². The van der Waals surface area contributed by atoms with Gasteiger partial charge in [0, 0.05) is 18.0 Å². The molecule has 2 heterocycles. The molecule has 0 saturated carbocycles. The van der Waals surface area contributed by atoms with Crippen molar-refractivity contribution in [3.8, 4) is 5.75 Å². The summed E-state index contributed by atoms with van der Waals surface area (Å²) >= 11 is 0. The highest BCUT2D eigenvalue weighted by atomic mass is 16.5. The highest BCUT2D eigenvalue weighted by molar-refractivity contribution is 6.05. The number of ether oxygens (including phenoxy) is 1. The third-order valence-corrected chi connectivity index (χ3v) is 3.36. The summed E-state index contributed by atoms with van der Waals surface area (Å²) in [7, 11) is 1.65. The van der Waals surface area contributed by atoms with Gasteiger partial charge in [0.25, 0.3) is 0 Å². The lowest BCUT2D eigenvalue weighted by molar-refractivity contribution is -0.117. The van der Waals surface area contributed by atoms with Crippen molar-refractivity contribution in [2.24, 2.45) is 4.99 Å². The van der Waals surface area contributed by atoms with E-state index in [0.717, 1.165) is 16.9 Å². The summed E-state index contributed by atoms with van der Waals surface area (Å²) in [4.78, 5) is 15.6. The van der Waals surface area contributed by atoms with Crippen LogP contribution in [-0.2, 0) is 11.3 Å². The molecular weight excluding hydrogens is 254 g/mol. The number of carbonyl (C=O) groups is 1. The van der Waals surface area contributed by atoms with Gasteiger partial charge in [-0.2, -0.15) is 5.10 Å². The predicted octanol–water partition coefficient (Wildman–Crippen LogP) is 1.68. The Bertz CT molecular complexity index is 643. The van der Waals surface area contributed by atoms with Gasteiger partial charge in [-0.15, -0.1) is 0 Å². The SMILES string of the molecule is COc1ccc(Cn2cc([C@H]3C=NCC3=O)cn2)cc1. The topological polar surface area (TPSA) is 56.5 Å². The van der Waals surface area contributed by atoms with Gasteiger partial charge in [0.05, 0.1) is 32.3 Å². The van der Waals surface area contributed by atoms with E-state index >= 15 is 0 Å². The minimum Gasteiger partial charge on any atom is -0.497 e. The lowest BCUT2D eigenvalue weighted by Gasteiger charge is -2.04. The first-order valence-electron chi connectivity index (χ1n) is 6.44. The van der Waals surface area contributed by atoms with E-state index in [9.17, 15) is 4.79 Å². The fraction of sp³-hybridized carbons (Fsp3) is 0.267. The summed E-state index contributed by atoms with van der Waals surface area (Å²) in [6.45, 7) is 0.955. The molecule has 20 heavy (non-hydrogen) atoms. The molecule has 1 atom stereocenters. The Morgan fingerprint density at radius 2 is 2.15 bits per heavy atom. The molecule has 1 aromatic heterocycles. The molecular formula is C15H15N3O2. The molecule has 2 aromatic rings. The summed E-state index contributed by atoms with van der Waals surface area (Å²) in [5, 5.41) is 4.30. The molecule has 1 aliphatic rings. The zero-order valence-electron chi connectivity index (χ0n) is 11.2. The number of aromatic nitrogens is 2. The molecule has 5 nitrogen and oxygen atoms in total. The summed E-state index contributed by atoms with van der Waals surface area (Å²) < 4.78 is 6.96. The average Bonchev–Trinajstić information content (AvgIpc) is 3.08. The second-order valence-corrected chi connectivity index (χ2v) is 4.75. The largest absolute Gasteiger partial charge is 0.497 e. The maximum atomic E-state index is 11.6. The highest BCUT2D eigenvalue weighted by Crippen LogP contribution is 2.19. The van der Waals surface area contributed by atoms with Crippen LogP contribution in [0.2, 0.25) is 0 Å². The number of hydrogen-bond acceptors (Lipinski definition) is 4. The summed E-state index contributed by atoms with van der Waals surface area (Å²) in [6.07, 6.45) is 5.35. The van der Waals surface area contributed by atoms with E-state index in [-0.39, 0.29) is 18.2 Å². The first kappa shape index (κ1) is 12.6. The van der Waals surface area contributed by atoms with Gasteiger partial charge in [0.15, 0.2) is 5.78 Å². The van der Waals surface area contributed by atoms with Crippen molar-refractivity contribution >= 4 is 12.0 Å². The number of hydrogen-bond donors (Lipinski definition) is 0. The first-order valence-corrected chi connectivity index (χ1v) is 6.44. The minimum absolute atomic E-state index is 0.133. The zero-order chi connectivity index (χ0) is 13.9. The minimum atomic E-state index is -0.223. The molecule has 3 rings (SSSR count). The van der Waals surface area contributed by atoms with Gasteiger partial charge in [-0.25, -0.2) is 0 Å². The van der Waals surface area contributed by atoms with E-state index in [4.69, 9.17) is 4.74 Å². The highest BCUT2D eigenvalue weighted by Gasteiger charge is 2.23. The Morgan fingerprint density at radius 3 is 2.80 bits per heavy atom. The number of aliphatic imine (C=N–C) groups is 1. The molecule has 0 fully saturated rings. The second-order valence-electron chi connectivity index (χ2n) is 4.75. The van der Waals surface area contributed by atoms with Gasteiger partial charge < -0.3 is 4.74 Å². The van der Waals surface area contributed by atoms with Gasteiger partial charge >= 0.3 is 0 Å². The van der Waals surface area contributed by atoms with E-state index in [1.807, 2.05) is 35.1 Å². The van der Waals surface area contributed by atoms with Gasteiger partial charge in [-0.3, -0.25) is 14.5 Å². The van der Waals surface area contributed by atoms with Crippen molar-refractivity contribution in [2.45, 2.75) is 12.5 Å². The van der Waals surface area contributed by atoms with Crippen LogP contribution >= 0.6 is 0 Å². The smallest absolute Gasteiger partial charge is 0.167 e. The van der Waals surface area contributed by atoms with E-state index in [1.54, 1.807) is 19.5 Å². The van der Waals surface area contributed by atoms with Crippen LogP contribution in [0, 0.1) is 0 Å². The zero-order valence-corrected chi connectivity index (χ0v) is 11.2. The Kier molecular flexibility index (Phi) is 3.33. The molecule has 0 aliphatic carbocycles. The standard InChI is InChI=1S/C15H15N3O2/c1-20-13-4-2-11(3-5-13)9-18-10-12(6-17-18)14-7-16-8-15(14)19/h2-7,10,14H,8-9H2,1H3/t14-/m1/s1. The Balaban J connectivity index is 1.73. The maximum absolute atomic E-state index is 11.6. The van der Waals surface area contributed by atoms with Crippen LogP contribution in [0.3, 0.4) is 0 Å². The van der Waals surface area contributed by atoms with Crippen molar-refractivity contribution in [1.82, 2.24) is 9.78 Å². The van der Waals surface area contributed by atoms with E-state index in [0.29, 0.717) is 6.54 Å². The summed E-state index contributed by atoms with van der Waals surface area (Å²) in [5.74, 6) is 0.747. The number of Topliss-reactive ketones (excluding diaryl/α,β-unsaturated/α-hetero) is 1. The number of methoxy groups -OCH3 is 1. The van der Waals surface area contributed by atoms with Gasteiger partial charge in [0.2, 0.25) is 0 Å². The fourth-order valence-electron chi connectivity index (χ4n) is 2.25. The van der Waals surface area contributed by atoms with Crippen LogP contribution in [0.4, 0.5) is 0 Å². The number of nitrogens with zero attached hydrogens (tertiary/aromatic N) is 3. The lowest BCUT2D eigenvalue weighted by atomic mass is 10.0. The molecule has 5 heteroatoms. The van der Waals surface area contributed by atoms with Crippen molar-refractivity contribution in [3.05, 3.63) is 47.8 Å². The van der Waals surface area contributed by atoms with Crippen molar-refractivity contribution in [1.29, 1.82) is 0 Å². The molecule has 0 saturated heterocycles. The Labute approximate surface area is 116 Å². The first-order chi connectivity index (χ1) is 9.76. The third kappa shape index (κ3) is 2.47. The summed E-state index contributed by atoms with van der Waals surface area (Å²) in [6, 6.07) is 7.85. The van der Waals surface area contributed by atoms with E-state index < -0.39 is 0 Å². The van der Waals surface area contributed by atoms with Crippen LogP contribution in [0.25, 0.3) is 0 Å². The number of ketones is 1. The third-order valence-electron chi connectivity index (χ3n) is 3.36. The quantitative estimate of drug-likeness (QED) is 0.848. The maximum Gasteiger partial charge on any atom is 0.167 e. The monoisotopic (exact) mass is 269 g/mol. The van der Waals surface area contributed by atoms with E-state index in [2.05, 4.69) is 10.1 Å². The van der Waals surface area contributed by atoms with E-state index in [1.165, 1.54) is 0 Å². The average molecular weight is 269 g/mol. The fourth-order valence-corrected chi connectivity index (χ4v) is 2.25. The van der Waals surface area contributed by atoms with Gasteiger partial charge in [-0.05, 0) is 17.7 Å². The predicted molar refractivity (Wildman–Crippen MR) is 75.4 cm³/mol. The molecule has 0 spiro atoms. The number of rotatable bonds is 4. The number of benzene rings is 1. The van der Waals surface area contributed by atoms with Crippen LogP contribution in [0.15, 0.2) is 41.7 Å². The van der Waals surface area contributed by atoms with Crippen molar-refractivity contribution < 1.29 is 9.53 Å². The Hall–Kier alpha value is -2.43. The normalized spacial score (nSPS) is 17.6. The molecule has 0 radical (unpaired) electrons. The second kappa shape index (κ2) is 5.28. The van der Waals surface area contributed by atoms with Crippen LogP contribution in [-0.4, -0.2) is 35.4 Å². The molecule has 0 N–H and O–H groups in total. The molecule has 1 aromatic carbocycles. The number of carbonyl (C=O) groups excluding carboxylic acids is 1.